The van der Waals surface area contributed by atoms with Crippen LogP contribution in [-0.2, 0) is 11.3 Å². The molecular formula is C20H25NOS. The summed E-state index contributed by atoms with van der Waals surface area (Å²) < 4.78 is 5.56. The normalized spacial score (nSPS) is 23.4. The Kier molecular flexibility index (Phi) is 4.79. The van der Waals surface area contributed by atoms with Crippen molar-refractivity contribution in [3.8, 4) is 11.1 Å². The van der Waals surface area contributed by atoms with Gasteiger partial charge in [0.2, 0.25) is 0 Å². The Morgan fingerprint density at radius 1 is 0.957 bits per heavy atom. The molecule has 1 unspecified atom stereocenters. The van der Waals surface area contributed by atoms with Crippen molar-refractivity contribution in [2.24, 2.45) is 11.8 Å². The van der Waals surface area contributed by atoms with Crippen molar-refractivity contribution in [3.63, 3.8) is 0 Å². The van der Waals surface area contributed by atoms with Gasteiger partial charge in [-0.15, -0.1) is 0 Å². The van der Waals surface area contributed by atoms with E-state index in [-0.39, 0.29) is 0 Å². The molecule has 3 heteroatoms. The maximum atomic E-state index is 5.56. The van der Waals surface area contributed by atoms with Crippen molar-refractivity contribution in [1.29, 1.82) is 0 Å². The Balaban J connectivity index is 1.31. The molecular weight excluding hydrogens is 302 g/mol. The summed E-state index contributed by atoms with van der Waals surface area (Å²) in [6.07, 6.45) is 3.98. The quantitative estimate of drug-likeness (QED) is 0.809. The SMILES string of the molecule is c1cc(-c2ccc(CN3CCC(C4CCOC4)CC3)cc2)cs1. The van der Waals surface area contributed by atoms with Crippen LogP contribution in [0.4, 0.5) is 0 Å². The third-order valence-electron chi connectivity index (χ3n) is 5.48. The summed E-state index contributed by atoms with van der Waals surface area (Å²) in [6.45, 7) is 5.58. The van der Waals surface area contributed by atoms with Crippen LogP contribution in [0.2, 0.25) is 0 Å². The predicted octanol–water partition coefficient (Wildman–Crippen LogP) is 4.66. The monoisotopic (exact) mass is 327 g/mol. The molecule has 23 heavy (non-hydrogen) atoms. The number of thiophene rings is 1. The number of likely N-dealkylation sites (tertiary alicyclic amines) is 1. The van der Waals surface area contributed by atoms with Crippen LogP contribution in [0.15, 0.2) is 41.1 Å². The molecule has 2 fully saturated rings. The average Bonchev–Trinajstić information content (AvgIpc) is 3.30. The first-order valence-corrected chi connectivity index (χ1v) is 9.74. The van der Waals surface area contributed by atoms with Gasteiger partial charge in [0.15, 0.2) is 0 Å². The van der Waals surface area contributed by atoms with Gasteiger partial charge in [-0.3, -0.25) is 4.90 Å². The van der Waals surface area contributed by atoms with Gasteiger partial charge in [-0.05, 0) is 77.7 Å². The number of ether oxygens (including phenoxy) is 1. The fraction of sp³-hybridized carbons (Fsp3) is 0.500. The molecule has 0 bridgehead atoms. The van der Waals surface area contributed by atoms with E-state index >= 15 is 0 Å². The summed E-state index contributed by atoms with van der Waals surface area (Å²) >= 11 is 1.76. The molecule has 1 aromatic heterocycles. The first kappa shape index (κ1) is 15.4. The largest absolute Gasteiger partial charge is 0.381 e. The number of nitrogens with zero attached hydrogens (tertiary/aromatic N) is 1. The Labute approximate surface area is 143 Å². The molecule has 1 aromatic carbocycles. The maximum Gasteiger partial charge on any atom is 0.0497 e. The number of piperidine rings is 1. The fourth-order valence-corrected chi connectivity index (χ4v) is 4.66. The van der Waals surface area contributed by atoms with Gasteiger partial charge in [0.1, 0.15) is 0 Å². The molecule has 0 saturated carbocycles. The molecule has 2 aliphatic rings. The third kappa shape index (κ3) is 3.68. The molecule has 2 nitrogen and oxygen atoms in total. The first-order chi connectivity index (χ1) is 11.4. The van der Waals surface area contributed by atoms with Crippen molar-refractivity contribution in [2.45, 2.75) is 25.8 Å². The zero-order valence-corrected chi connectivity index (χ0v) is 14.4. The first-order valence-electron chi connectivity index (χ1n) is 8.80. The second kappa shape index (κ2) is 7.16. The van der Waals surface area contributed by atoms with Gasteiger partial charge < -0.3 is 4.74 Å². The van der Waals surface area contributed by atoms with Gasteiger partial charge in [0, 0.05) is 19.8 Å². The van der Waals surface area contributed by atoms with Crippen LogP contribution in [0.25, 0.3) is 11.1 Å². The third-order valence-corrected chi connectivity index (χ3v) is 6.16. The standard InChI is InChI=1S/C20H25NOS/c1-3-17(20-8-12-23-15-20)4-2-16(1)13-21-9-5-18(6-10-21)19-7-11-22-14-19/h1-4,8,12,15,18-19H,5-7,9-11,13-14H2. The van der Waals surface area contributed by atoms with Gasteiger partial charge in [0.25, 0.3) is 0 Å². The average molecular weight is 327 g/mol. The van der Waals surface area contributed by atoms with Crippen LogP contribution >= 0.6 is 11.3 Å². The smallest absolute Gasteiger partial charge is 0.0497 e. The molecule has 0 spiro atoms. The molecule has 0 aliphatic carbocycles. The molecule has 2 saturated heterocycles. The molecule has 2 aliphatic heterocycles. The van der Waals surface area contributed by atoms with Crippen molar-refractivity contribution in [1.82, 2.24) is 4.90 Å². The van der Waals surface area contributed by atoms with E-state index in [1.54, 1.807) is 11.3 Å². The second-order valence-corrected chi connectivity index (χ2v) is 7.73. The number of rotatable bonds is 4. The van der Waals surface area contributed by atoms with Crippen molar-refractivity contribution >= 4 is 11.3 Å². The van der Waals surface area contributed by atoms with Crippen molar-refractivity contribution in [2.75, 3.05) is 26.3 Å². The highest BCUT2D eigenvalue weighted by atomic mass is 32.1. The van der Waals surface area contributed by atoms with Crippen molar-refractivity contribution in [3.05, 3.63) is 46.7 Å². The van der Waals surface area contributed by atoms with Crippen LogP contribution in [-0.4, -0.2) is 31.2 Å². The minimum Gasteiger partial charge on any atom is -0.381 e. The highest BCUT2D eigenvalue weighted by molar-refractivity contribution is 7.08. The summed E-state index contributed by atoms with van der Waals surface area (Å²) in [6, 6.07) is 11.3. The minimum atomic E-state index is 0.835. The minimum absolute atomic E-state index is 0.835. The Bertz CT molecular complexity index is 593. The van der Waals surface area contributed by atoms with Gasteiger partial charge >= 0.3 is 0 Å². The number of hydrogen-bond acceptors (Lipinski definition) is 3. The summed E-state index contributed by atoms with van der Waals surface area (Å²) in [4.78, 5) is 2.62. The van der Waals surface area contributed by atoms with Crippen LogP contribution in [0.1, 0.15) is 24.8 Å². The zero-order valence-electron chi connectivity index (χ0n) is 13.6. The molecule has 0 radical (unpaired) electrons. The molecule has 0 N–H and O–H groups in total. The van der Waals surface area contributed by atoms with Crippen molar-refractivity contribution < 1.29 is 4.74 Å². The van der Waals surface area contributed by atoms with E-state index in [1.807, 2.05) is 0 Å². The van der Waals surface area contributed by atoms with E-state index in [0.29, 0.717) is 0 Å². The fourth-order valence-electron chi connectivity index (χ4n) is 4.00. The van der Waals surface area contributed by atoms with E-state index in [2.05, 4.69) is 46.0 Å². The van der Waals surface area contributed by atoms with Gasteiger partial charge in [0.05, 0.1) is 0 Å². The Morgan fingerprint density at radius 2 is 1.78 bits per heavy atom. The van der Waals surface area contributed by atoms with Crippen LogP contribution < -0.4 is 0 Å². The van der Waals surface area contributed by atoms with Crippen LogP contribution in [0.3, 0.4) is 0 Å². The van der Waals surface area contributed by atoms with E-state index in [1.165, 1.54) is 49.0 Å². The van der Waals surface area contributed by atoms with Gasteiger partial charge in [-0.25, -0.2) is 0 Å². The number of benzene rings is 1. The lowest BCUT2D eigenvalue weighted by Gasteiger charge is -2.34. The molecule has 4 rings (SSSR count). The summed E-state index contributed by atoms with van der Waals surface area (Å²) in [5.74, 6) is 1.73. The lowest BCUT2D eigenvalue weighted by Crippen LogP contribution is -2.35. The maximum absolute atomic E-state index is 5.56. The molecule has 1 atom stereocenters. The highest BCUT2D eigenvalue weighted by Gasteiger charge is 2.29. The van der Waals surface area contributed by atoms with Crippen LogP contribution in [0, 0.1) is 11.8 Å². The number of hydrogen-bond donors (Lipinski definition) is 0. The second-order valence-electron chi connectivity index (χ2n) is 6.95. The topological polar surface area (TPSA) is 12.5 Å². The van der Waals surface area contributed by atoms with E-state index < -0.39 is 0 Å². The molecule has 2 aromatic rings. The highest BCUT2D eigenvalue weighted by Crippen LogP contribution is 2.31. The lowest BCUT2D eigenvalue weighted by molar-refractivity contribution is 0.122. The molecule has 3 heterocycles. The molecule has 0 amide bonds. The van der Waals surface area contributed by atoms with Gasteiger partial charge in [-0.1, -0.05) is 24.3 Å². The lowest BCUT2D eigenvalue weighted by atomic mass is 9.84. The van der Waals surface area contributed by atoms with E-state index in [9.17, 15) is 0 Å². The summed E-state index contributed by atoms with van der Waals surface area (Å²) in [5, 5.41) is 4.36. The van der Waals surface area contributed by atoms with Gasteiger partial charge in [-0.2, -0.15) is 11.3 Å². The zero-order chi connectivity index (χ0) is 15.5. The van der Waals surface area contributed by atoms with Crippen LogP contribution in [0.5, 0.6) is 0 Å². The Hall–Kier alpha value is -1.16. The van der Waals surface area contributed by atoms with E-state index in [4.69, 9.17) is 4.74 Å². The van der Waals surface area contributed by atoms with E-state index in [0.717, 1.165) is 31.6 Å². The predicted molar refractivity (Wildman–Crippen MR) is 96.7 cm³/mol. The summed E-state index contributed by atoms with van der Waals surface area (Å²) in [7, 11) is 0. The molecule has 122 valence electrons. The summed E-state index contributed by atoms with van der Waals surface area (Å²) in [5.41, 5.74) is 4.10. The Morgan fingerprint density at radius 3 is 2.43 bits per heavy atom.